The minimum absolute atomic E-state index is 0.232. The Labute approximate surface area is 92.8 Å². The molecule has 3 nitrogen and oxygen atoms in total. The minimum atomic E-state index is -0.232. The van der Waals surface area contributed by atoms with E-state index in [0.717, 1.165) is 32.6 Å². The smallest absolute Gasteiger partial charge is 0.126 e. The first-order chi connectivity index (χ1) is 7.03. The number of ether oxygens (including phenoxy) is 1. The second-order valence-electron chi connectivity index (χ2n) is 5.39. The normalized spacial score (nSPS) is 23.1. The SMILES string of the molecule is CN(CC1CCCOC1)CC(C)(C)C=O. The van der Waals surface area contributed by atoms with E-state index < -0.39 is 0 Å². The van der Waals surface area contributed by atoms with Crippen LogP contribution in [-0.4, -0.2) is 44.5 Å². The Morgan fingerprint density at radius 1 is 1.53 bits per heavy atom. The third-order valence-electron chi connectivity index (χ3n) is 2.82. The van der Waals surface area contributed by atoms with Crippen molar-refractivity contribution in [1.29, 1.82) is 0 Å². The van der Waals surface area contributed by atoms with Crippen LogP contribution < -0.4 is 0 Å². The second kappa shape index (κ2) is 5.61. The molecule has 1 saturated heterocycles. The molecule has 3 heteroatoms. The van der Waals surface area contributed by atoms with E-state index in [1.165, 1.54) is 12.8 Å². The van der Waals surface area contributed by atoms with Crippen molar-refractivity contribution in [3.63, 3.8) is 0 Å². The molecular formula is C12H23NO2. The summed E-state index contributed by atoms with van der Waals surface area (Å²) in [7, 11) is 2.08. The molecule has 1 aliphatic heterocycles. The molecule has 1 rings (SSSR count). The summed E-state index contributed by atoms with van der Waals surface area (Å²) in [6, 6.07) is 0. The van der Waals surface area contributed by atoms with Crippen LogP contribution in [0.1, 0.15) is 26.7 Å². The van der Waals surface area contributed by atoms with E-state index in [9.17, 15) is 4.79 Å². The average Bonchev–Trinajstić information content (AvgIpc) is 2.18. The Morgan fingerprint density at radius 2 is 2.27 bits per heavy atom. The molecule has 0 aromatic carbocycles. The van der Waals surface area contributed by atoms with E-state index in [2.05, 4.69) is 11.9 Å². The van der Waals surface area contributed by atoms with Gasteiger partial charge in [-0.15, -0.1) is 0 Å². The van der Waals surface area contributed by atoms with Gasteiger partial charge >= 0.3 is 0 Å². The lowest BCUT2D eigenvalue weighted by Crippen LogP contribution is -2.37. The molecule has 0 amide bonds. The molecule has 0 spiro atoms. The topological polar surface area (TPSA) is 29.5 Å². The zero-order valence-corrected chi connectivity index (χ0v) is 10.2. The van der Waals surface area contributed by atoms with E-state index >= 15 is 0 Å². The van der Waals surface area contributed by atoms with Gasteiger partial charge in [-0.25, -0.2) is 0 Å². The van der Waals surface area contributed by atoms with Gasteiger partial charge in [-0.1, -0.05) is 13.8 Å². The maximum atomic E-state index is 10.8. The number of nitrogens with zero attached hydrogens (tertiary/aromatic N) is 1. The largest absolute Gasteiger partial charge is 0.381 e. The standard InChI is InChI=1S/C12H23NO2/c1-12(2,10-14)9-13(3)7-11-5-4-6-15-8-11/h10-11H,4-9H2,1-3H3. The predicted molar refractivity (Wildman–Crippen MR) is 60.9 cm³/mol. The lowest BCUT2D eigenvalue weighted by Gasteiger charge is -2.30. The van der Waals surface area contributed by atoms with Gasteiger partial charge in [-0.2, -0.15) is 0 Å². The van der Waals surface area contributed by atoms with Crippen molar-refractivity contribution in [2.45, 2.75) is 26.7 Å². The van der Waals surface area contributed by atoms with Crippen LogP contribution in [0.3, 0.4) is 0 Å². The molecule has 0 saturated carbocycles. The second-order valence-corrected chi connectivity index (χ2v) is 5.39. The summed E-state index contributed by atoms with van der Waals surface area (Å²) in [5, 5.41) is 0. The van der Waals surface area contributed by atoms with Crippen LogP contribution >= 0.6 is 0 Å². The third-order valence-corrected chi connectivity index (χ3v) is 2.82. The number of carbonyl (C=O) groups excluding carboxylic acids is 1. The zero-order valence-electron chi connectivity index (χ0n) is 10.2. The highest BCUT2D eigenvalue weighted by atomic mass is 16.5. The summed E-state index contributed by atoms with van der Waals surface area (Å²) >= 11 is 0. The van der Waals surface area contributed by atoms with Gasteiger partial charge < -0.3 is 14.4 Å². The molecular weight excluding hydrogens is 190 g/mol. The summed E-state index contributed by atoms with van der Waals surface area (Å²) in [5.41, 5.74) is -0.232. The minimum Gasteiger partial charge on any atom is -0.381 e. The first-order valence-electron chi connectivity index (χ1n) is 5.76. The number of rotatable bonds is 5. The van der Waals surface area contributed by atoms with Crippen LogP contribution in [0.25, 0.3) is 0 Å². The van der Waals surface area contributed by atoms with Crippen molar-refractivity contribution < 1.29 is 9.53 Å². The van der Waals surface area contributed by atoms with E-state index in [0.29, 0.717) is 5.92 Å². The molecule has 88 valence electrons. The van der Waals surface area contributed by atoms with E-state index in [1.807, 2.05) is 13.8 Å². The third kappa shape index (κ3) is 4.76. The fraction of sp³-hybridized carbons (Fsp3) is 0.917. The molecule has 0 bridgehead atoms. The lowest BCUT2D eigenvalue weighted by atomic mass is 9.94. The highest BCUT2D eigenvalue weighted by molar-refractivity contribution is 5.58. The molecule has 1 unspecified atom stereocenters. The van der Waals surface area contributed by atoms with Gasteiger partial charge in [0.25, 0.3) is 0 Å². The van der Waals surface area contributed by atoms with Gasteiger partial charge in [-0.05, 0) is 25.8 Å². The average molecular weight is 213 g/mol. The summed E-state index contributed by atoms with van der Waals surface area (Å²) < 4.78 is 5.44. The van der Waals surface area contributed by atoms with E-state index in [1.54, 1.807) is 0 Å². The highest BCUT2D eigenvalue weighted by Crippen LogP contribution is 2.17. The van der Waals surface area contributed by atoms with Crippen molar-refractivity contribution in [2.75, 3.05) is 33.4 Å². The molecule has 1 aliphatic rings. The van der Waals surface area contributed by atoms with Crippen LogP contribution in [0.15, 0.2) is 0 Å². The van der Waals surface area contributed by atoms with E-state index in [-0.39, 0.29) is 5.41 Å². The molecule has 0 aromatic rings. The van der Waals surface area contributed by atoms with Crippen molar-refractivity contribution in [3.05, 3.63) is 0 Å². The van der Waals surface area contributed by atoms with Gasteiger partial charge in [0.1, 0.15) is 6.29 Å². The van der Waals surface area contributed by atoms with Gasteiger partial charge in [0.2, 0.25) is 0 Å². The maximum Gasteiger partial charge on any atom is 0.126 e. The molecule has 1 fully saturated rings. The predicted octanol–water partition coefficient (Wildman–Crippen LogP) is 1.57. The summed E-state index contributed by atoms with van der Waals surface area (Å²) in [4.78, 5) is 13.0. The Morgan fingerprint density at radius 3 is 2.80 bits per heavy atom. The first-order valence-corrected chi connectivity index (χ1v) is 5.76. The molecule has 15 heavy (non-hydrogen) atoms. The molecule has 0 aromatic heterocycles. The molecule has 1 atom stereocenters. The van der Waals surface area contributed by atoms with Gasteiger partial charge in [0.05, 0.1) is 6.61 Å². The van der Waals surface area contributed by atoms with Crippen LogP contribution in [0.4, 0.5) is 0 Å². The summed E-state index contributed by atoms with van der Waals surface area (Å²) in [6.07, 6.45) is 3.47. The van der Waals surface area contributed by atoms with Crippen LogP contribution in [0.2, 0.25) is 0 Å². The number of hydrogen-bond donors (Lipinski definition) is 0. The Kier molecular flexibility index (Phi) is 4.74. The summed E-state index contributed by atoms with van der Waals surface area (Å²) in [5.74, 6) is 0.645. The number of hydrogen-bond acceptors (Lipinski definition) is 3. The van der Waals surface area contributed by atoms with Gasteiger partial charge in [0.15, 0.2) is 0 Å². The van der Waals surface area contributed by atoms with E-state index in [4.69, 9.17) is 4.74 Å². The van der Waals surface area contributed by atoms with Crippen LogP contribution in [0, 0.1) is 11.3 Å². The Bertz CT molecular complexity index is 198. The molecule has 0 radical (unpaired) electrons. The maximum absolute atomic E-state index is 10.8. The number of aldehydes is 1. The zero-order chi connectivity index (χ0) is 11.3. The van der Waals surface area contributed by atoms with Crippen molar-refractivity contribution in [2.24, 2.45) is 11.3 Å². The summed E-state index contributed by atoms with van der Waals surface area (Å²) in [6.45, 7) is 7.62. The first kappa shape index (κ1) is 12.7. The van der Waals surface area contributed by atoms with Crippen molar-refractivity contribution in [3.8, 4) is 0 Å². The lowest BCUT2D eigenvalue weighted by molar-refractivity contribution is -0.115. The van der Waals surface area contributed by atoms with Crippen LogP contribution in [0.5, 0.6) is 0 Å². The fourth-order valence-electron chi connectivity index (χ4n) is 2.19. The molecule has 0 N–H and O–H groups in total. The van der Waals surface area contributed by atoms with Crippen molar-refractivity contribution >= 4 is 6.29 Å². The quantitative estimate of drug-likeness (QED) is 0.649. The molecule has 0 aliphatic carbocycles. The highest BCUT2D eigenvalue weighted by Gasteiger charge is 2.22. The monoisotopic (exact) mass is 213 g/mol. The number of carbonyl (C=O) groups is 1. The fourth-order valence-corrected chi connectivity index (χ4v) is 2.19. The Balaban J connectivity index is 2.28. The van der Waals surface area contributed by atoms with Gasteiger partial charge in [0, 0.05) is 25.1 Å². The van der Waals surface area contributed by atoms with Gasteiger partial charge in [-0.3, -0.25) is 0 Å². The molecule has 1 heterocycles. The van der Waals surface area contributed by atoms with Crippen molar-refractivity contribution in [1.82, 2.24) is 4.90 Å². The Hall–Kier alpha value is -0.410. The van der Waals surface area contributed by atoms with Crippen LogP contribution in [-0.2, 0) is 9.53 Å².